The lowest BCUT2D eigenvalue weighted by Gasteiger charge is -2.28. The Morgan fingerprint density at radius 3 is 2.24 bits per heavy atom. The number of hydrogen-bond donors (Lipinski definition) is 4. The summed E-state index contributed by atoms with van der Waals surface area (Å²) >= 11 is 12.0. The first-order valence-corrected chi connectivity index (χ1v) is 13.4. The van der Waals surface area contributed by atoms with E-state index in [4.69, 9.17) is 42.6 Å². The average Bonchev–Trinajstić information content (AvgIpc) is 3.33. The van der Waals surface area contributed by atoms with Crippen LogP contribution in [-0.2, 0) is 38.3 Å². The topological polar surface area (TPSA) is 207 Å². The van der Waals surface area contributed by atoms with E-state index in [2.05, 4.69) is 15.8 Å². The predicted molar refractivity (Wildman–Crippen MR) is 147 cm³/mol. The minimum Gasteiger partial charge on any atom is -0.481 e. The number of nitrogens with one attached hydrogen (secondary N) is 2. The van der Waals surface area contributed by atoms with Gasteiger partial charge in [-0.3, -0.25) is 24.0 Å². The van der Waals surface area contributed by atoms with Gasteiger partial charge in [-0.25, -0.2) is 4.79 Å². The summed E-state index contributed by atoms with van der Waals surface area (Å²) in [6.07, 6.45) is -1.71. The number of ketones is 1. The number of carboxylic acids is 2. The summed E-state index contributed by atoms with van der Waals surface area (Å²) in [4.78, 5) is 78.8. The zero-order valence-electron chi connectivity index (χ0n) is 23.0. The molecule has 230 valence electrons. The van der Waals surface area contributed by atoms with Gasteiger partial charge in [-0.1, -0.05) is 48.3 Å². The predicted octanol–water partition coefficient (Wildman–Crippen LogP) is 1.85. The van der Waals surface area contributed by atoms with Crippen LogP contribution in [0.25, 0.3) is 0 Å². The summed E-state index contributed by atoms with van der Waals surface area (Å²) in [5.41, 5.74) is -1.78. The number of oxime groups is 1. The van der Waals surface area contributed by atoms with E-state index in [-0.39, 0.29) is 53.1 Å². The summed E-state index contributed by atoms with van der Waals surface area (Å²) in [5.74, 6) is -6.28. The highest BCUT2D eigenvalue weighted by molar-refractivity contribution is 6.39. The van der Waals surface area contributed by atoms with E-state index in [0.29, 0.717) is 0 Å². The number of ether oxygens (including phenoxy) is 2. The second-order valence-corrected chi connectivity index (χ2v) is 10.5. The second-order valence-electron chi connectivity index (χ2n) is 9.72. The molecule has 1 aliphatic heterocycles. The van der Waals surface area contributed by atoms with Crippen molar-refractivity contribution in [2.75, 3.05) is 20.3 Å². The van der Waals surface area contributed by atoms with Crippen LogP contribution >= 0.6 is 23.2 Å². The number of rotatable bonds is 16. The Bertz CT molecular complexity index is 1230. The number of carbonyl (C=O) groups is 6. The van der Waals surface area contributed by atoms with Gasteiger partial charge in [-0.2, -0.15) is 0 Å². The smallest absolute Gasteiger partial charge is 0.341 e. The first-order valence-electron chi connectivity index (χ1n) is 12.6. The molecule has 1 aromatic rings. The molecule has 14 nitrogen and oxygen atoms in total. The Morgan fingerprint density at radius 1 is 1.05 bits per heavy atom. The maximum Gasteiger partial charge on any atom is 0.341 e. The number of esters is 1. The number of nitrogens with zero attached hydrogens (tertiary/aromatic N) is 1. The van der Waals surface area contributed by atoms with Gasteiger partial charge in [0, 0.05) is 20.0 Å². The molecule has 0 aromatic heterocycles. The van der Waals surface area contributed by atoms with Crippen LogP contribution in [-0.4, -0.2) is 89.4 Å². The van der Waals surface area contributed by atoms with E-state index >= 15 is 0 Å². The van der Waals surface area contributed by atoms with Crippen molar-refractivity contribution >= 4 is 64.4 Å². The number of methoxy groups -OCH3 is 1. The minimum atomic E-state index is -1.83. The molecule has 0 saturated carbocycles. The first-order chi connectivity index (χ1) is 19.7. The van der Waals surface area contributed by atoms with E-state index in [1.54, 1.807) is 13.8 Å². The Hall–Kier alpha value is -3.75. The number of carbonyl (C=O) groups excluding carboxylic acids is 4. The van der Waals surface area contributed by atoms with Crippen LogP contribution in [0.15, 0.2) is 23.4 Å². The molecule has 0 aliphatic carbocycles. The largest absolute Gasteiger partial charge is 0.481 e. The zero-order chi connectivity index (χ0) is 31.6. The number of halogens is 2. The number of hydrogen-bond acceptors (Lipinski definition) is 10. The Morgan fingerprint density at radius 2 is 1.69 bits per heavy atom. The quantitative estimate of drug-likeness (QED) is 0.193. The molecule has 1 aliphatic rings. The van der Waals surface area contributed by atoms with Gasteiger partial charge < -0.3 is 35.2 Å². The molecular weight excluding hydrogens is 601 g/mol. The number of benzene rings is 1. The van der Waals surface area contributed by atoms with E-state index < -0.39 is 66.2 Å². The van der Waals surface area contributed by atoms with E-state index in [1.165, 1.54) is 25.3 Å². The third-order valence-corrected chi connectivity index (χ3v) is 6.72. The second kappa shape index (κ2) is 15.5. The molecule has 0 fully saturated rings. The van der Waals surface area contributed by atoms with Crippen molar-refractivity contribution in [2.45, 2.75) is 57.2 Å². The molecule has 1 heterocycles. The third-order valence-electron chi connectivity index (χ3n) is 6.09. The lowest BCUT2D eigenvalue weighted by atomic mass is 9.89. The van der Waals surface area contributed by atoms with E-state index in [9.17, 15) is 33.9 Å². The van der Waals surface area contributed by atoms with Crippen LogP contribution in [0.4, 0.5) is 0 Å². The fraction of sp³-hybridized carbons (Fsp3) is 0.500. The van der Waals surface area contributed by atoms with Crippen molar-refractivity contribution in [1.29, 1.82) is 0 Å². The Kier molecular flexibility index (Phi) is 12.7. The van der Waals surface area contributed by atoms with Gasteiger partial charge in [0.15, 0.2) is 12.4 Å². The molecular formula is C26H31Cl2N3O11. The summed E-state index contributed by atoms with van der Waals surface area (Å²) < 4.78 is 10.1. The molecule has 16 heteroatoms. The molecule has 3 atom stereocenters. The van der Waals surface area contributed by atoms with Crippen molar-refractivity contribution in [3.63, 3.8) is 0 Å². The summed E-state index contributed by atoms with van der Waals surface area (Å²) in [7, 11) is 1.28. The van der Waals surface area contributed by atoms with Crippen LogP contribution in [0, 0.1) is 5.92 Å². The van der Waals surface area contributed by atoms with Crippen LogP contribution in [0.1, 0.15) is 49.9 Å². The summed E-state index contributed by atoms with van der Waals surface area (Å²) in [5, 5.41) is 27.1. The van der Waals surface area contributed by atoms with Gasteiger partial charge in [0.05, 0.1) is 46.8 Å². The number of aliphatic carboxylic acids is 2. The van der Waals surface area contributed by atoms with Gasteiger partial charge >= 0.3 is 17.9 Å². The number of Topliss-reactive ketones (excluding diaryl/α,β-unsaturated/α-hetero) is 1. The zero-order valence-corrected chi connectivity index (χ0v) is 24.5. The molecule has 4 N–H and O–H groups in total. The van der Waals surface area contributed by atoms with Crippen molar-refractivity contribution in [3.05, 3.63) is 33.8 Å². The molecule has 0 radical (unpaired) electrons. The molecule has 2 unspecified atom stereocenters. The van der Waals surface area contributed by atoms with Crippen LogP contribution < -0.4 is 10.6 Å². The van der Waals surface area contributed by atoms with Gasteiger partial charge in [0.25, 0.3) is 5.91 Å². The van der Waals surface area contributed by atoms with Crippen molar-refractivity contribution < 1.29 is 53.3 Å². The monoisotopic (exact) mass is 631 g/mol. The average molecular weight is 632 g/mol. The van der Waals surface area contributed by atoms with E-state index in [1.807, 2.05) is 0 Å². The highest BCUT2D eigenvalue weighted by Crippen LogP contribution is 2.29. The fourth-order valence-electron chi connectivity index (χ4n) is 3.98. The summed E-state index contributed by atoms with van der Waals surface area (Å²) in [6, 6.07) is 1.90. The number of carboxylic acid groups (broad SMARTS) is 2. The molecule has 0 saturated heterocycles. The SMILES string of the molecule is COCC1(C(=O)N[C@@H](CC(=O)O)C(=O)COC(=O)c2c(Cl)cccc2Cl)CC(C(NC(=O)CCC(=O)O)C(C)C)=NO1. The minimum absolute atomic E-state index is 0.0243. The van der Waals surface area contributed by atoms with Crippen molar-refractivity contribution in [1.82, 2.24) is 10.6 Å². The van der Waals surface area contributed by atoms with Crippen molar-refractivity contribution in [2.24, 2.45) is 11.1 Å². The lowest BCUT2D eigenvalue weighted by Crippen LogP contribution is -2.56. The highest BCUT2D eigenvalue weighted by atomic mass is 35.5. The summed E-state index contributed by atoms with van der Waals surface area (Å²) in [6.45, 7) is 2.26. The van der Waals surface area contributed by atoms with Crippen LogP contribution in [0.5, 0.6) is 0 Å². The Balaban J connectivity index is 2.16. The lowest BCUT2D eigenvalue weighted by molar-refractivity contribution is -0.153. The molecule has 2 rings (SSSR count). The van der Waals surface area contributed by atoms with Crippen LogP contribution in [0.3, 0.4) is 0 Å². The normalized spacial score (nSPS) is 17.4. The molecule has 2 amide bonds. The molecule has 0 spiro atoms. The maximum absolute atomic E-state index is 13.4. The van der Waals surface area contributed by atoms with Crippen molar-refractivity contribution in [3.8, 4) is 0 Å². The fourth-order valence-corrected chi connectivity index (χ4v) is 4.53. The van der Waals surface area contributed by atoms with Gasteiger partial charge in [-0.05, 0) is 18.1 Å². The van der Waals surface area contributed by atoms with E-state index in [0.717, 1.165) is 0 Å². The molecule has 1 aromatic carbocycles. The van der Waals surface area contributed by atoms with Gasteiger partial charge in [-0.15, -0.1) is 0 Å². The standard InChI is InChI=1S/C26H31Cl2N3O11/c1-13(2)23(30-19(33)7-8-20(34)35)17-10-26(12-40-3,42-31-17)25(39)29-16(9-21(36)37)18(32)11-41-24(38)22-14(27)5-4-6-15(22)28/h4-6,13,16,23H,7-12H2,1-3H3,(H,29,39)(H,30,33)(H,34,35)(H,36,37)/t16-,23?,26?/m0/s1. The first kappa shape index (κ1) is 34.5. The molecule has 42 heavy (non-hydrogen) atoms. The van der Waals surface area contributed by atoms with Gasteiger partial charge in [0.2, 0.25) is 11.5 Å². The highest BCUT2D eigenvalue weighted by Gasteiger charge is 2.50. The Labute approximate surface area is 250 Å². The third kappa shape index (κ3) is 9.39. The maximum atomic E-state index is 13.4. The number of amides is 2. The van der Waals surface area contributed by atoms with Gasteiger partial charge in [0.1, 0.15) is 6.04 Å². The van der Waals surface area contributed by atoms with Crippen LogP contribution in [0.2, 0.25) is 10.0 Å². The molecule has 0 bridgehead atoms.